The number of piperazine rings is 2. The lowest BCUT2D eigenvalue weighted by Gasteiger charge is -2.33. The van der Waals surface area contributed by atoms with Crippen molar-refractivity contribution in [3.8, 4) is 5.75 Å². The van der Waals surface area contributed by atoms with Crippen LogP contribution in [0.4, 0.5) is 10.3 Å². The number of halogens is 2. The molecular weight excluding hydrogens is 868 g/mol. The van der Waals surface area contributed by atoms with Crippen LogP contribution in [-0.4, -0.2) is 94.9 Å². The van der Waals surface area contributed by atoms with Gasteiger partial charge in [-0.1, -0.05) is 89.4 Å². The first-order chi connectivity index (χ1) is 28.4. The number of methoxy groups -OCH3 is 1. The number of sulfonamides is 2. The molecule has 8 rings (SSSR count). The lowest BCUT2D eigenvalue weighted by Crippen LogP contribution is -2.48. The van der Waals surface area contributed by atoms with Crippen LogP contribution in [-0.2, 0) is 32.9 Å². The van der Waals surface area contributed by atoms with Gasteiger partial charge in [0.05, 0.1) is 28.5 Å². The molecule has 0 amide bonds. The van der Waals surface area contributed by atoms with E-state index in [1.165, 1.54) is 25.3 Å². The number of aryl methyl sites for hydroxylation is 1. The van der Waals surface area contributed by atoms with Gasteiger partial charge in [0.2, 0.25) is 20.0 Å². The molecule has 6 aromatic rings. The van der Waals surface area contributed by atoms with Crippen LogP contribution in [0, 0.1) is 6.92 Å². The molecule has 2 aliphatic rings. The molecule has 0 aliphatic carbocycles. The summed E-state index contributed by atoms with van der Waals surface area (Å²) >= 11 is 15.4. The van der Waals surface area contributed by atoms with Crippen molar-refractivity contribution in [2.45, 2.75) is 29.6 Å². The normalized spacial score (nSPS) is 15.5. The van der Waals surface area contributed by atoms with Crippen LogP contribution < -0.4 is 14.5 Å². The van der Waals surface area contributed by atoms with Crippen molar-refractivity contribution < 1.29 is 21.6 Å². The first-order valence-corrected chi connectivity index (χ1v) is 24.4. The van der Waals surface area contributed by atoms with Crippen molar-refractivity contribution >= 4 is 76.2 Å². The summed E-state index contributed by atoms with van der Waals surface area (Å²) in [6.45, 7) is 6.14. The molecule has 0 N–H and O–H groups in total. The van der Waals surface area contributed by atoms with Gasteiger partial charge < -0.3 is 14.5 Å². The smallest absolute Gasteiger partial charge is 0.244 e. The van der Waals surface area contributed by atoms with Crippen molar-refractivity contribution in [2.75, 3.05) is 69.3 Å². The molecule has 2 aliphatic heterocycles. The molecule has 0 saturated carbocycles. The number of aromatic nitrogens is 2. The Hall–Kier alpha value is -4.06. The SMILES string of the molecule is COc1ccc(Cc2csc(N3CCN(S(=O)(=O)c4ccccc4Cl)CC3)n2)cc1.Cc1ccc(Cc2csc(N3CCN(S(=O)(=O)c4ccccc4Cl)CC3)n2)cc1. The Bertz CT molecular complexity index is 2550. The van der Waals surface area contributed by atoms with Gasteiger partial charge in [0.15, 0.2) is 10.3 Å². The second kappa shape index (κ2) is 19.1. The van der Waals surface area contributed by atoms with Crippen LogP contribution >= 0.6 is 45.9 Å². The molecule has 0 bridgehead atoms. The van der Waals surface area contributed by atoms with E-state index in [2.05, 4.69) is 51.7 Å². The number of nitrogens with zero attached hydrogens (tertiary/aromatic N) is 6. The highest BCUT2D eigenvalue weighted by molar-refractivity contribution is 7.89. The summed E-state index contributed by atoms with van der Waals surface area (Å²) in [4.78, 5) is 14.2. The lowest BCUT2D eigenvalue weighted by molar-refractivity contribution is 0.384. The Labute approximate surface area is 364 Å². The fraction of sp³-hybridized carbons (Fsp3) is 0.286. The third-order valence-electron chi connectivity index (χ3n) is 10.1. The molecule has 4 heterocycles. The number of hydrogen-bond acceptors (Lipinski definition) is 11. The zero-order chi connectivity index (χ0) is 41.6. The minimum atomic E-state index is -3.59. The summed E-state index contributed by atoms with van der Waals surface area (Å²) in [5, 5.41) is 6.53. The minimum absolute atomic E-state index is 0.163. The van der Waals surface area contributed by atoms with Crippen molar-refractivity contribution in [2.24, 2.45) is 0 Å². The van der Waals surface area contributed by atoms with Crippen LogP contribution in [0.25, 0.3) is 0 Å². The number of anilines is 2. The topological polar surface area (TPSA) is 116 Å². The lowest BCUT2D eigenvalue weighted by atomic mass is 10.1. The second-order valence-corrected chi connectivity index (χ2v) is 20.4. The Balaban J connectivity index is 0.000000179. The van der Waals surface area contributed by atoms with Crippen molar-refractivity contribution in [1.82, 2.24) is 18.6 Å². The van der Waals surface area contributed by atoms with E-state index in [4.69, 9.17) is 37.9 Å². The number of benzene rings is 4. The van der Waals surface area contributed by atoms with Gasteiger partial charge >= 0.3 is 0 Å². The molecule has 0 atom stereocenters. The summed E-state index contributed by atoms with van der Waals surface area (Å²) in [6, 6.07) is 29.6. The van der Waals surface area contributed by atoms with E-state index in [9.17, 15) is 16.8 Å². The third kappa shape index (κ3) is 10.5. The molecule has 310 valence electrons. The Morgan fingerprint density at radius 3 is 1.36 bits per heavy atom. The molecule has 2 fully saturated rings. The van der Waals surface area contributed by atoms with Crippen LogP contribution in [0.2, 0.25) is 10.0 Å². The summed E-state index contributed by atoms with van der Waals surface area (Å²) in [5.41, 5.74) is 5.70. The predicted octanol–water partition coefficient (Wildman–Crippen LogP) is 8.11. The molecule has 4 aromatic carbocycles. The van der Waals surface area contributed by atoms with Gasteiger partial charge in [-0.15, -0.1) is 22.7 Å². The van der Waals surface area contributed by atoms with E-state index in [-0.39, 0.29) is 19.8 Å². The highest BCUT2D eigenvalue weighted by Crippen LogP contribution is 2.30. The maximum atomic E-state index is 12.9. The first kappa shape index (κ1) is 43.0. The van der Waals surface area contributed by atoms with Gasteiger partial charge in [0.1, 0.15) is 15.5 Å². The van der Waals surface area contributed by atoms with E-state index in [0.717, 1.165) is 40.2 Å². The summed E-state index contributed by atoms with van der Waals surface area (Å²) in [6.07, 6.45) is 1.55. The Morgan fingerprint density at radius 2 is 0.966 bits per heavy atom. The number of thiazole rings is 2. The molecule has 11 nitrogen and oxygen atoms in total. The van der Waals surface area contributed by atoms with Gasteiger partial charge in [-0.25, -0.2) is 26.8 Å². The van der Waals surface area contributed by atoms with Gasteiger partial charge in [0.25, 0.3) is 0 Å². The zero-order valence-electron chi connectivity index (χ0n) is 32.6. The molecule has 0 spiro atoms. The second-order valence-electron chi connectivity index (χ2n) is 14.1. The van der Waals surface area contributed by atoms with Crippen LogP contribution in [0.1, 0.15) is 28.1 Å². The standard InChI is InChI=1S/C21H22ClN3O3S2.C21H22ClN3O2S2/c1-28-18-8-6-16(7-9-18)14-17-15-29-21(23-17)24-10-12-25(13-11-24)30(26,27)20-5-3-2-4-19(20)22;1-16-6-8-17(9-7-16)14-18-15-28-21(23-18)24-10-12-25(13-11-24)29(26,27)20-5-3-2-4-19(20)22/h2-9,15H,10-14H2,1H3;2-9,15H,10-14H2,1H3. The fourth-order valence-corrected chi connectivity index (χ4v) is 12.3. The Morgan fingerprint density at radius 1 is 0.576 bits per heavy atom. The molecule has 0 unspecified atom stereocenters. The predicted molar refractivity (Wildman–Crippen MR) is 239 cm³/mol. The monoisotopic (exact) mass is 910 g/mol. The molecule has 2 aromatic heterocycles. The minimum Gasteiger partial charge on any atom is -0.497 e. The molecule has 17 heteroatoms. The van der Waals surface area contributed by atoms with E-state index in [1.54, 1.807) is 78.3 Å². The summed E-state index contributed by atoms with van der Waals surface area (Å²) in [7, 11) is -5.52. The van der Waals surface area contributed by atoms with Gasteiger partial charge in [-0.3, -0.25) is 0 Å². The molecule has 2 saturated heterocycles. The first-order valence-electron chi connectivity index (χ1n) is 19.0. The van der Waals surface area contributed by atoms with E-state index >= 15 is 0 Å². The summed E-state index contributed by atoms with van der Waals surface area (Å²) < 4.78 is 59.8. The molecular formula is C42H44Cl2N6O5S4. The third-order valence-corrected chi connectivity index (χ3v) is 16.8. The molecule has 0 radical (unpaired) electrons. The number of rotatable bonds is 11. The number of ether oxygens (including phenoxy) is 1. The van der Waals surface area contributed by atoms with E-state index in [0.29, 0.717) is 52.4 Å². The maximum Gasteiger partial charge on any atom is 0.244 e. The largest absolute Gasteiger partial charge is 0.497 e. The molecule has 59 heavy (non-hydrogen) atoms. The zero-order valence-corrected chi connectivity index (χ0v) is 37.4. The van der Waals surface area contributed by atoms with E-state index in [1.807, 2.05) is 24.3 Å². The average molecular weight is 912 g/mol. The van der Waals surface area contributed by atoms with Gasteiger partial charge in [-0.05, 0) is 54.4 Å². The van der Waals surface area contributed by atoms with Crippen LogP contribution in [0.3, 0.4) is 0 Å². The van der Waals surface area contributed by atoms with Crippen molar-refractivity contribution in [1.29, 1.82) is 0 Å². The van der Waals surface area contributed by atoms with Crippen molar-refractivity contribution in [3.63, 3.8) is 0 Å². The quantitative estimate of drug-likeness (QED) is 0.127. The highest BCUT2D eigenvalue weighted by Gasteiger charge is 2.32. The van der Waals surface area contributed by atoms with Crippen molar-refractivity contribution in [3.05, 3.63) is 146 Å². The number of hydrogen-bond donors (Lipinski definition) is 0. The van der Waals surface area contributed by atoms with Crippen LogP contribution in [0.15, 0.2) is 118 Å². The van der Waals surface area contributed by atoms with E-state index < -0.39 is 20.0 Å². The fourth-order valence-electron chi connectivity index (χ4n) is 6.74. The van der Waals surface area contributed by atoms with Crippen LogP contribution in [0.5, 0.6) is 5.75 Å². The highest BCUT2D eigenvalue weighted by atomic mass is 35.5. The summed E-state index contributed by atoms with van der Waals surface area (Å²) in [5.74, 6) is 0.835. The Kier molecular flexibility index (Phi) is 13.9. The van der Waals surface area contributed by atoms with Gasteiger partial charge in [0, 0.05) is 76.0 Å². The average Bonchev–Trinajstić information content (AvgIpc) is 3.93. The van der Waals surface area contributed by atoms with Gasteiger partial charge in [-0.2, -0.15) is 8.61 Å². The maximum absolute atomic E-state index is 12.9.